The summed E-state index contributed by atoms with van der Waals surface area (Å²) in [6.45, 7) is 7.99. The lowest BCUT2D eigenvalue weighted by Gasteiger charge is -2.36. The van der Waals surface area contributed by atoms with Crippen molar-refractivity contribution >= 4 is 23.0 Å². The van der Waals surface area contributed by atoms with E-state index in [1.165, 1.54) is 16.7 Å². The number of nitrogens with zero attached hydrogens (tertiary/aromatic N) is 2. The van der Waals surface area contributed by atoms with Crippen LogP contribution in [0.1, 0.15) is 23.6 Å². The summed E-state index contributed by atoms with van der Waals surface area (Å²) >= 11 is 5.67. The van der Waals surface area contributed by atoms with Gasteiger partial charge in [0.2, 0.25) is 0 Å². The van der Waals surface area contributed by atoms with Gasteiger partial charge in [0.05, 0.1) is 6.61 Å². The van der Waals surface area contributed by atoms with Crippen LogP contribution in [0.4, 0.5) is 5.69 Å². The minimum absolute atomic E-state index is 0.822. The van der Waals surface area contributed by atoms with Crippen molar-refractivity contribution in [1.82, 2.24) is 9.80 Å². The van der Waals surface area contributed by atoms with Gasteiger partial charge < -0.3 is 15.0 Å². The molecule has 2 aromatic carbocycles. The van der Waals surface area contributed by atoms with Crippen molar-refractivity contribution < 1.29 is 4.74 Å². The number of fused-ring (bicyclic) bond motifs is 1. The fraction of sp³-hybridized carbons (Fsp3) is 0.409. The lowest BCUT2D eigenvalue weighted by Crippen LogP contribution is -2.49. The Morgan fingerprint density at radius 3 is 2.74 bits per heavy atom. The zero-order valence-electron chi connectivity index (χ0n) is 15.9. The summed E-state index contributed by atoms with van der Waals surface area (Å²) in [5.74, 6) is 1.06. The normalized spacial score (nSPS) is 16.7. The monoisotopic (exact) mass is 381 g/mol. The molecule has 0 aliphatic carbocycles. The standard InChI is InChI=1S/C22H27N3OS/c1-2-18-5-3-4-6-20(18)23-22(27)25-12-10-24(11-13-25)16-17-7-8-21-19(15-17)9-14-26-21/h3-8,15H,2,9-14,16H2,1H3,(H,23,27). The Bertz CT molecular complexity index is 815. The van der Waals surface area contributed by atoms with Gasteiger partial charge in [-0.25, -0.2) is 0 Å². The van der Waals surface area contributed by atoms with Crippen LogP contribution in [0.3, 0.4) is 0 Å². The molecule has 0 aromatic heterocycles. The van der Waals surface area contributed by atoms with E-state index < -0.39 is 0 Å². The fourth-order valence-electron chi connectivity index (χ4n) is 3.85. The zero-order chi connectivity index (χ0) is 18.6. The van der Waals surface area contributed by atoms with E-state index in [0.717, 1.165) is 68.7 Å². The van der Waals surface area contributed by atoms with Gasteiger partial charge >= 0.3 is 0 Å². The first-order valence-electron chi connectivity index (χ1n) is 9.83. The van der Waals surface area contributed by atoms with Crippen LogP contribution in [0.15, 0.2) is 42.5 Å². The lowest BCUT2D eigenvalue weighted by atomic mass is 10.1. The Hall–Kier alpha value is -2.11. The van der Waals surface area contributed by atoms with Gasteiger partial charge in [-0.15, -0.1) is 0 Å². The first-order valence-corrected chi connectivity index (χ1v) is 10.2. The van der Waals surface area contributed by atoms with Gasteiger partial charge in [0.1, 0.15) is 5.75 Å². The highest BCUT2D eigenvalue weighted by molar-refractivity contribution is 7.80. The molecule has 1 N–H and O–H groups in total. The predicted molar refractivity (Wildman–Crippen MR) is 115 cm³/mol. The average molecular weight is 382 g/mol. The number of piperazine rings is 1. The van der Waals surface area contributed by atoms with E-state index in [9.17, 15) is 0 Å². The number of benzene rings is 2. The summed E-state index contributed by atoms with van der Waals surface area (Å²) in [7, 11) is 0. The Morgan fingerprint density at radius 1 is 1.11 bits per heavy atom. The maximum atomic E-state index is 5.67. The molecule has 2 aromatic rings. The third-order valence-electron chi connectivity index (χ3n) is 5.46. The first-order chi connectivity index (χ1) is 13.2. The van der Waals surface area contributed by atoms with Gasteiger partial charge in [0, 0.05) is 44.8 Å². The van der Waals surface area contributed by atoms with Gasteiger partial charge in [0.25, 0.3) is 0 Å². The smallest absolute Gasteiger partial charge is 0.173 e. The van der Waals surface area contributed by atoms with Crippen LogP contribution in [-0.2, 0) is 19.4 Å². The summed E-state index contributed by atoms with van der Waals surface area (Å²) in [6.07, 6.45) is 2.04. The highest BCUT2D eigenvalue weighted by Gasteiger charge is 2.20. The zero-order valence-corrected chi connectivity index (χ0v) is 16.7. The van der Waals surface area contributed by atoms with Crippen LogP contribution < -0.4 is 10.1 Å². The maximum absolute atomic E-state index is 5.67. The molecule has 2 heterocycles. The second-order valence-corrected chi connectivity index (χ2v) is 7.63. The van der Waals surface area contributed by atoms with Crippen LogP contribution in [0.2, 0.25) is 0 Å². The van der Waals surface area contributed by atoms with Crippen LogP contribution in [0.25, 0.3) is 0 Å². The Labute approximate surface area is 167 Å². The molecule has 0 atom stereocenters. The number of nitrogens with one attached hydrogen (secondary N) is 1. The summed E-state index contributed by atoms with van der Waals surface area (Å²) in [5, 5.41) is 4.29. The molecule has 0 bridgehead atoms. The first kappa shape index (κ1) is 18.3. The number of para-hydroxylation sites is 1. The van der Waals surface area contributed by atoms with Crippen molar-refractivity contribution in [2.24, 2.45) is 0 Å². The highest BCUT2D eigenvalue weighted by Crippen LogP contribution is 2.26. The summed E-state index contributed by atoms with van der Waals surface area (Å²) in [6, 6.07) is 15.0. The Morgan fingerprint density at radius 2 is 1.93 bits per heavy atom. The fourth-order valence-corrected chi connectivity index (χ4v) is 4.14. The second kappa shape index (κ2) is 8.28. The van der Waals surface area contributed by atoms with Crippen molar-refractivity contribution in [3.63, 3.8) is 0 Å². The molecule has 0 saturated carbocycles. The Kier molecular flexibility index (Phi) is 5.60. The third kappa shape index (κ3) is 4.25. The van der Waals surface area contributed by atoms with E-state index in [4.69, 9.17) is 17.0 Å². The quantitative estimate of drug-likeness (QED) is 0.816. The number of thiocarbonyl (C=S) groups is 1. The van der Waals surface area contributed by atoms with Crippen molar-refractivity contribution in [3.8, 4) is 5.75 Å². The molecule has 142 valence electrons. The topological polar surface area (TPSA) is 27.7 Å². The van der Waals surface area contributed by atoms with E-state index in [2.05, 4.69) is 64.5 Å². The van der Waals surface area contributed by atoms with Gasteiger partial charge in [-0.1, -0.05) is 37.3 Å². The third-order valence-corrected chi connectivity index (χ3v) is 5.82. The molecule has 0 radical (unpaired) electrons. The van der Waals surface area contributed by atoms with E-state index in [-0.39, 0.29) is 0 Å². The molecule has 2 aliphatic heterocycles. The van der Waals surface area contributed by atoms with Crippen molar-refractivity contribution in [2.45, 2.75) is 26.3 Å². The van der Waals surface area contributed by atoms with Gasteiger partial charge in [-0.3, -0.25) is 4.90 Å². The molecular weight excluding hydrogens is 354 g/mol. The SMILES string of the molecule is CCc1ccccc1NC(=S)N1CCN(Cc2ccc3c(c2)CCO3)CC1. The molecule has 4 nitrogen and oxygen atoms in total. The van der Waals surface area contributed by atoms with Gasteiger partial charge in [0.15, 0.2) is 5.11 Å². The molecule has 1 fully saturated rings. The number of hydrogen-bond acceptors (Lipinski definition) is 3. The van der Waals surface area contributed by atoms with Crippen LogP contribution in [-0.4, -0.2) is 47.7 Å². The van der Waals surface area contributed by atoms with Crippen molar-refractivity contribution in [1.29, 1.82) is 0 Å². The van der Waals surface area contributed by atoms with E-state index in [1.807, 2.05) is 0 Å². The molecule has 4 rings (SSSR count). The minimum Gasteiger partial charge on any atom is -0.493 e. The van der Waals surface area contributed by atoms with Gasteiger partial charge in [-0.2, -0.15) is 0 Å². The van der Waals surface area contributed by atoms with Gasteiger partial charge in [-0.05, 0) is 47.5 Å². The number of anilines is 1. The van der Waals surface area contributed by atoms with Crippen molar-refractivity contribution in [2.75, 3.05) is 38.1 Å². The van der Waals surface area contributed by atoms with E-state index >= 15 is 0 Å². The minimum atomic E-state index is 0.822. The molecule has 0 amide bonds. The molecule has 1 saturated heterocycles. The second-order valence-electron chi connectivity index (χ2n) is 7.24. The lowest BCUT2D eigenvalue weighted by molar-refractivity contribution is 0.177. The average Bonchev–Trinajstić information content (AvgIpc) is 3.17. The number of aryl methyl sites for hydroxylation is 1. The Balaban J connectivity index is 1.30. The van der Waals surface area contributed by atoms with E-state index in [1.54, 1.807) is 0 Å². The summed E-state index contributed by atoms with van der Waals surface area (Å²) in [5.41, 5.74) is 5.17. The molecule has 2 aliphatic rings. The summed E-state index contributed by atoms with van der Waals surface area (Å²) in [4.78, 5) is 4.80. The van der Waals surface area contributed by atoms with Crippen molar-refractivity contribution in [3.05, 3.63) is 59.2 Å². The number of ether oxygens (including phenoxy) is 1. The molecule has 0 unspecified atom stereocenters. The molecule has 5 heteroatoms. The van der Waals surface area contributed by atoms with Crippen LogP contribution in [0, 0.1) is 0 Å². The van der Waals surface area contributed by atoms with Crippen LogP contribution >= 0.6 is 12.2 Å². The van der Waals surface area contributed by atoms with E-state index in [0.29, 0.717) is 0 Å². The highest BCUT2D eigenvalue weighted by atomic mass is 32.1. The largest absolute Gasteiger partial charge is 0.493 e. The molecule has 27 heavy (non-hydrogen) atoms. The summed E-state index contributed by atoms with van der Waals surface area (Å²) < 4.78 is 5.61. The molecule has 0 spiro atoms. The maximum Gasteiger partial charge on any atom is 0.173 e. The number of rotatable bonds is 4. The molecular formula is C22H27N3OS. The predicted octanol–water partition coefficient (Wildman–Crippen LogP) is 3.70. The number of hydrogen-bond donors (Lipinski definition) is 1. The van der Waals surface area contributed by atoms with Crippen LogP contribution in [0.5, 0.6) is 5.75 Å².